The Kier molecular flexibility index (Phi) is 8.34. The Labute approximate surface area is 430 Å². The number of rotatable bonds is 6. The van der Waals surface area contributed by atoms with Gasteiger partial charge in [0.05, 0.1) is 0 Å². The van der Waals surface area contributed by atoms with Crippen molar-refractivity contribution in [1.82, 2.24) is 0 Å². The van der Waals surface area contributed by atoms with Gasteiger partial charge in [-0.25, -0.2) is 0 Å². The van der Waals surface area contributed by atoms with Crippen molar-refractivity contribution in [3.8, 4) is 0 Å². The second kappa shape index (κ2) is 15.4. The number of nitrogens with zero attached hydrogens (tertiary/aromatic N) is 2. The molecule has 12 aromatic carbocycles. The fraction of sp³-hybridized carbons (Fsp3) is 0. The molecule has 0 unspecified atom stereocenters. The minimum Gasteiger partial charge on any atom is -0.456 e. The van der Waals surface area contributed by atoms with Gasteiger partial charge in [0, 0.05) is 116 Å². The molecule has 0 aliphatic heterocycles. The van der Waals surface area contributed by atoms with Gasteiger partial charge in [-0.15, -0.1) is 11.3 Å². The zero-order valence-electron chi connectivity index (χ0n) is 39.9. The molecule has 5 aromatic heterocycles. The lowest BCUT2D eigenvalue weighted by Crippen LogP contribution is -2.09. The summed E-state index contributed by atoms with van der Waals surface area (Å²) in [5.74, 6) is 0. The standard InChI is InChI=1S/C68H38N2O4S/c1-3-15-43(16-4-1)69(45-19-23-49-53-27-39-11-7-9-13-41(39)29-59(53)71-60(49)31-45)46-20-24-50-54-35-65-56(37-63(54)72-61(50)32-46)57-38-64-55(36-66(57)74-65)51-25-21-47(33-62(51)73-64)70(44-17-5-2-6-18-44)48-22-26-52-58-28-40-12-8-10-14-42(40)30-67(58)75-68(52)34-48/h1-38H. The maximum absolute atomic E-state index is 6.79. The van der Waals surface area contributed by atoms with Gasteiger partial charge in [-0.2, -0.15) is 0 Å². The monoisotopic (exact) mass is 978 g/mol. The SMILES string of the molecule is c1ccc(N(c2ccc3c(c2)oc2cc4ccccc4cc23)c2ccc3c(c2)oc2cc4c(cc23)oc2cc3c(cc24)oc2cc(N(c4ccccc4)c4ccc5c(c4)sc4cc6ccccc6cc45)ccc23)cc1. The molecule has 6 nitrogen and oxygen atoms in total. The third-order valence-electron chi connectivity index (χ3n) is 15.3. The van der Waals surface area contributed by atoms with E-state index in [0.717, 1.165) is 127 Å². The largest absolute Gasteiger partial charge is 0.456 e. The number of furan rings is 4. The van der Waals surface area contributed by atoms with Gasteiger partial charge in [-0.1, -0.05) is 91.0 Å². The third-order valence-corrected chi connectivity index (χ3v) is 16.4. The summed E-state index contributed by atoms with van der Waals surface area (Å²) in [6.07, 6.45) is 0. The molecule has 0 aliphatic rings. The fourth-order valence-electron chi connectivity index (χ4n) is 11.8. The molecule has 17 rings (SSSR count). The van der Waals surface area contributed by atoms with Crippen LogP contribution in [0.2, 0.25) is 0 Å². The molecule has 75 heavy (non-hydrogen) atoms. The molecule has 0 N–H and O–H groups in total. The quantitative estimate of drug-likeness (QED) is 0.165. The zero-order chi connectivity index (χ0) is 48.9. The van der Waals surface area contributed by atoms with E-state index in [-0.39, 0.29) is 0 Å². The van der Waals surface area contributed by atoms with Crippen molar-refractivity contribution in [1.29, 1.82) is 0 Å². The van der Waals surface area contributed by atoms with E-state index in [0.29, 0.717) is 0 Å². The Morgan fingerprint density at radius 3 is 1.00 bits per heavy atom. The highest BCUT2D eigenvalue weighted by Crippen LogP contribution is 2.46. The van der Waals surface area contributed by atoms with E-state index < -0.39 is 0 Å². The van der Waals surface area contributed by atoms with Gasteiger partial charge in [0.15, 0.2) is 0 Å². The highest BCUT2D eigenvalue weighted by Gasteiger charge is 2.22. The third kappa shape index (κ3) is 6.19. The first-order chi connectivity index (χ1) is 37.1. The first-order valence-corrected chi connectivity index (χ1v) is 26.0. The van der Waals surface area contributed by atoms with Crippen molar-refractivity contribution in [2.24, 2.45) is 0 Å². The molecule has 0 spiro atoms. The predicted molar refractivity (Wildman–Crippen MR) is 313 cm³/mol. The lowest BCUT2D eigenvalue weighted by atomic mass is 10.1. The molecule has 5 heterocycles. The van der Waals surface area contributed by atoms with Crippen molar-refractivity contribution in [2.75, 3.05) is 9.80 Å². The summed E-state index contributed by atoms with van der Waals surface area (Å²) in [5, 5.41) is 15.6. The Balaban J connectivity index is 0.746. The number of para-hydroxylation sites is 2. The first kappa shape index (κ1) is 40.7. The van der Waals surface area contributed by atoms with Gasteiger partial charge in [-0.05, 0) is 143 Å². The van der Waals surface area contributed by atoms with Crippen LogP contribution in [0.25, 0.3) is 129 Å². The number of thiophene rings is 1. The van der Waals surface area contributed by atoms with Gasteiger partial charge in [0.25, 0.3) is 0 Å². The maximum atomic E-state index is 6.79. The van der Waals surface area contributed by atoms with E-state index in [2.05, 4.69) is 234 Å². The molecule has 0 bridgehead atoms. The summed E-state index contributed by atoms with van der Waals surface area (Å²) in [5.41, 5.74) is 12.6. The Morgan fingerprint density at radius 1 is 0.213 bits per heavy atom. The number of benzene rings is 12. The summed E-state index contributed by atoms with van der Waals surface area (Å²) in [6, 6.07) is 81.8. The van der Waals surface area contributed by atoms with Crippen LogP contribution in [0, 0.1) is 0 Å². The number of hydrogen-bond donors (Lipinski definition) is 0. The van der Waals surface area contributed by atoms with Crippen molar-refractivity contribution in [3.05, 3.63) is 231 Å². The summed E-state index contributed by atoms with van der Waals surface area (Å²) in [6.45, 7) is 0. The van der Waals surface area contributed by atoms with Gasteiger partial charge in [-0.3, -0.25) is 0 Å². The predicted octanol–water partition coefficient (Wildman–Crippen LogP) is 20.9. The smallest absolute Gasteiger partial charge is 0.137 e. The summed E-state index contributed by atoms with van der Waals surface area (Å²) in [4.78, 5) is 4.57. The molecule has 17 aromatic rings. The highest BCUT2D eigenvalue weighted by molar-refractivity contribution is 7.26. The highest BCUT2D eigenvalue weighted by atomic mass is 32.1. The van der Waals surface area contributed by atoms with Crippen molar-refractivity contribution in [2.45, 2.75) is 0 Å². The number of fused-ring (bicyclic) bond motifs is 17. The summed E-state index contributed by atoms with van der Waals surface area (Å²) >= 11 is 1.84. The topological polar surface area (TPSA) is 59.0 Å². The summed E-state index contributed by atoms with van der Waals surface area (Å²) < 4.78 is 29.4. The molecular formula is C68H38N2O4S. The van der Waals surface area contributed by atoms with Crippen LogP contribution in [0.4, 0.5) is 34.1 Å². The molecule has 0 radical (unpaired) electrons. The minimum absolute atomic E-state index is 0.786. The van der Waals surface area contributed by atoms with Crippen molar-refractivity contribution < 1.29 is 17.7 Å². The molecule has 0 fully saturated rings. The first-order valence-electron chi connectivity index (χ1n) is 25.2. The Morgan fingerprint density at radius 2 is 0.533 bits per heavy atom. The molecule has 7 heteroatoms. The van der Waals surface area contributed by atoms with Crippen LogP contribution < -0.4 is 9.80 Å². The molecule has 0 atom stereocenters. The van der Waals surface area contributed by atoms with Gasteiger partial charge in [0.2, 0.25) is 0 Å². The average molecular weight is 979 g/mol. The fourth-order valence-corrected chi connectivity index (χ4v) is 13.0. The Hall–Kier alpha value is -9.82. The second-order valence-corrected chi connectivity index (χ2v) is 20.7. The second-order valence-electron chi connectivity index (χ2n) is 19.7. The number of anilines is 6. The average Bonchev–Trinajstić information content (AvgIpc) is 4.27. The van der Waals surface area contributed by atoms with E-state index in [1.807, 2.05) is 17.4 Å². The zero-order valence-corrected chi connectivity index (χ0v) is 40.7. The molecule has 350 valence electrons. The maximum Gasteiger partial charge on any atom is 0.137 e. The molecule has 0 amide bonds. The lowest BCUT2D eigenvalue weighted by Gasteiger charge is -2.25. The van der Waals surface area contributed by atoms with Crippen LogP contribution in [-0.4, -0.2) is 0 Å². The van der Waals surface area contributed by atoms with E-state index in [9.17, 15) is 0 Å². The van der Waals surface area contributed by atoms with Crippen LogP contribution in [-0.2, 0) is 0 Å². The molecule has 0 aliphatic carbocycles. The van der Waals surface area contributed by atoms with Gasteiger partial charge >= 0.3 is 0 Å². The summed E-state index contributed by atoms with van der Waals surface area (Å²) in [7, 11) is 0. The molecule has 0 saturated heterocycles. The van der Waals surface area contributed by atoms with Crippen LogP contribution in [0.15, 0.2) is 248 Å². The van der Waals surface area contributed by atoms with Crippen LogP contribution in [0.5, 0.6) is 0 Å². The van der Waals surface area contributed by atoms with Crippen LogP contribution in [0.3, 0.4) is 0 Å². The normalized spacial score (nSPS) is 12.3. The molecule has 0 saturated carbocycles. The lowest BCUT2D eigenvalue weighted by molar-refractivity contribution is 0.662. The van der Waals surface area contributed by atoms with Crippen LogP contribution in [0.1, 0.15) is 0 Å². The van der Waals surface area contributed by atoms with E-state index in [4.69, 9.17) is 17.7 Å². The Bertz CT molecular complexity index is 4890. The van der Waals surface area contributed by atoms with E-state index >= 15 is 0 Å². The van der Waals surface area contributed by atoms with Crippen LogP contribution >= 0.6 is 11.3 Å². The van der Waals surface area contributed by atoms with E-state index in [1.165, 1.54) is 36.3 Å². The van der Waals surface area contributed by atoms with E-state index in [1.54, 1.807) is 0 Å². The minimum atomic E-state index is 0.786. The van der Waals surface area contributed by atoms with Gasteiger partial charge in [0.1, 0.15) is 44.7 Å². The molecular weight excluding hydrogens is 941 g/mol. The van der Waals surface area contributed by atoms with Crippen molar-refractivity contribution >= 4 is 175 Å². The number of hydrogen-bond acceptors (Lipinski definition) is 7. The van der Waals surface area contributed by atoms with Gasteiger partial charge < -0.3 is 27.5 Å². The van der Waals surface area contributed by atoms with Crippen molar-refractivity contribution in [3.63, 3.8) is 0 Å².